The number of rotatable bonds is 7. The minimum absolute atomic E-state index is 0.132. The van der Waals surface area contributed by atoms with Gasteiger partial charge in [-0.05, 0) is 35.7 Å². The number of guanidine groups is 1. The second kappa shape index (κ2) is 9.78. The van der Waals surface area contributed by atoms with Gasteiger partial charge < -0.3 is 15.4 Å². The van der Waals surface area contributed by atoms with Crippen LogP contribution in [0.4, 0.5) is 8.78 Å². The quantitative estimate of drug-likeness (QED) is 0.447. The van der Waals surface area contributed by atoms with Crippen LogP contribution < -0.4 is 15.4 Å². The van der Waals surface area contributed by atoms with Gasteiger partial charge in [-0.1, -0.05) is 29.8 Å². The van der Waals surface area contributed by atoms with E-state index < -0.39 is 6.61 Å². The van der Waals surface area contributed by atoms with Gasteiger partial charge in [-0.15, -0.1) is 0 Å². The molecular formula is C17H19ClF2N4O. The van der Waals surface area contributed by atoms with Gasteiger partial charge in [0.2, 0.25) is 0 Å². The molecular weight excluding hydrogens is 350 g/mol. The van der Waals surface area contributed by atoms with Crippen LogP contribution in [0.3, 0.4) is 0 Å². The summed E-state index contributed by atoms with van der Waals surface area (Å²) in [6.07, 6.45) is 2.50. The molecule has 8 heteroatoms. The Morgan fingerprint density at radius 3 is 2.76 bits per heavy atom. The van der Waals surface area contributed by atoms with E-state index in [0.29, 0.717) is 24.2 Å². The number of hydrogen-bond donors (Lipinski definition) is 2. The molecule has 0 spiro atoms. The Balaban J connectivity index is 1.79. The molecule has 0 aliphatic carbocycles. The average molecular weight is 369 g/mol. The van der Waals surface area contributed by atoms with Crippen LogP contribution in [-0.4, -0.2) is 31.1 Å². The fourth-order valence-electron chi connectivity index (χ4n) is 2.12. The maximum atomic E-state index is 12.2. The highest BCUT2D eigenvalue weighted by Gasteiger charge is 2.05. The molecule has 0 aliphatic heterocycles. The van der Waals surface area contributed by atoms with Gasteiger partial charge in [-0.25, -0.2) is 4.98 Å². The number of ether oxygens (including phenoxy) is 1. The normalized spacial score (nSPS) is 11.5. The number of pyridine rings is 1. The van der Waals surface area contributed by atoms with Crippen molar-refractivity contribution in [2.45, 2.75) is 19.6 Å². The Hall–Kier alpha value is -2.41. The second-order valence-electron chi connectivity index (χ2n) is 5.12. The number of aliphatic imine (C=N–C) groups is 1. The number of benzene rings is 1. The van der Waals surface area contributed by atoms with Crippen molar-refractivity contribution < 1.29 is 13.5 Å². The minimum atomic E-state index is -2.83. The van der Waals surface area contributed by atoms with Gasteiger partial charge in [0.25, 0.3) is 0 Å². The molecule has 0 aliphatic rings. The molecule has 1 aromatic heterocycles. The van der Waals surface area contributed by atoms with Gasteiger partial charge in [0.1, 0.15) is 10.9 Å². The molecule has 0 amide bonds. The van der Waals surface area contributed by atoms with Gasteiger partial charge in [0.05, 0.1) is 0 Å². The maximum absolute atomic E-state index is 12.2. The number of aromatic nitrogens is 1. The highest BCUT2D eigenvalue weighted by atomic mass is 35.5. The molecule has 0 bridgehead atoms. The summed E-state index contributed by atoms with van der Waals surface area (Å²) in [6, 6.07) is 10.2. The summed E-state index contributed by atoms with van der Waals surface area (Å²) in [5.41, 5.74) is 1.87. The summed E-state index contributed by atoms with van der Waals surface area (Å²) in [5.74, 6) is 0.745. The molecule has 0 fully saturated rings. The summed E-state index contributed by atoms with van der Waals surface area (Å²) in [7, 11) is 1.66. The van der Waals surface area contributed by atoms with Crippen LogP contribution in [0.15, 0.2) is 47.6 Å². The second-order valence-corrected chi connectivity index (χ2v) is 5.50. The van der Waals surface area contributed by atoms with Crippen LogP contribution >= 0.6 is 11.6 Å². The first-order valence-corrected chi connectivity index (χ1v) is 8.03. The third-order valence-corrected chi connectivity index (χ3v) is 3.53. The molecule has 0 atom stereocenters. The van der Waals surface area contributed by atoms with E-state index in [0.717, 1.165) is 17.5 Å². The number of hydrogen-bond acceptors (Lipinski definition) is 3. The van der Waals surface area contributed by atoms with E-state index in [1.807, 2.05) is 12.1 Å². The topological polar surface area (TPSA) is 58.5 Å². The molecule has 0 saturated heterocycles. The van der Waals surface area contributed by atoms with Crippen LogP contribution in [-0.2, 0) is 13.0 Å². The van der Waals surface area contributed by atoms with Gasteiger partial charge in [0.15, 0.2) is 5.96 Å². The zero-order chi connectivity index (χ0) is 18.1. The number of nitrogens with zero attached hydrogens (tertiary/aromatic N) is 2. The first-order chi connectivity index (χ1) is 12.1. The first kappa shape index (κ1) is 18.9. The molecule has 2 rings (SSSR count). The lowest BCUT2D eigenvalue weighted by Gasteiger charge is -2.12. The predicted octanol–water partition coefficient (Wildman–Crippen LogP) is 3.24. The largest absolute Gasteiger partial charge is 0.435 e. The Labute approximate surface area is 150 Å². The number of nitrogens with one attached hydrogen (secondary N) is 2. The average Bonchev–Trinajstić information content (AvgIpc) is 2.59. The van der Waals surface area contributed by atoms with Crippen LogP contribution in [0.1, 0.15) is 11.1 Å². The van der Waals surface area contributed by atoms with E-state index in [1.54, 1.807) is 31.4 Å². The van der Waals surface area contributed by atoms with Gasteiger partial charge in [0, 0.05) is 26.3 Å². The molecule has 0 saturated carbocycles. The van der Waals surface area contributed by atoms with Gasteiger partial charge in [-0.3, -0.25) is 4.99 Å². The molecule has 0 radical (unpaired) electrons. The summed E-state index contributed by atoms with van der Waals surface area (Å²) in [6.45, 7) is -1.74. The zero-order valence-electron chi connectivity index (χ0n) is 13.7. The predicted molar refractivity (Wildman–Crippen MR) is 94.2 cm³/mol. The standard InChI is InChI=1S/C17H19ClF2N4O/c1-21-17(22-8-7-12-5-6-15(18)23-10-12)24-11-13-3-2-4-14(9-13)25-16(19)20/h2-6,9-10,16H,7-8,11H2,1H3,(H2,21,22,24). The van der Waals surface area contributed by atoms with Crippen molar-refractivity contribution in [3.63, 3.8) is 0 Å². The molecule has 5 nitrogen and oxygen atoms in total. The lowest BCUT2D eigenvalue weighted by atomic mass is 10.2. The van der Waals surface area contributed by atoms with E-state index in [2.05, 4.69) is 25.3 Å². The summed E-state index contributed by atoms with van der Waals surface area (Å²) in [4.78, 5) is 8.15. The van der Waals surface area contributed by atoms with E-state index in [1.165, 1.54) is 6.07 Å². The lowest BCUT2D eigenvalue weighted by molar-refractivity contribution is -0.0498. The molecule has 2 aromatic rings. The van der Waals surface area contributed by atoms with E-state index in [4.69, 9.17) is 11.6 Å². The highest BCUT2D eigenvalue weighted by Crippen LogP contribution is 2.15. The monoisotopic (exact) mass is 368 g/mol. The van der Waals surface area contributed by atoms with E-state index in [9.17, 15) is 8.78 Å². The Bertz CT molecular complexity index is 695. The van der Waals surface area contributed by atoms with Crippen molar-refractivity contribution in [3.05, 3.63) is 58.9 Å². The Morgan fingerprint density at radius 1 is 1.24 bits per heavy atom. The third-order valence-electron chi connectivity index (χ3n) is 3.30. The fourth-order valence-corrected chi connectivity index (χ4v) is 2.23. The Kier molecular flexibility index (Phi) is 7.40. The van der Waals surface area contributed by atoms with Crippen LogP contribution in [0.5, 0.6) is 5.75 Å². The summed E-state index contributed by atoms with van der Waals surface area (Å²) >= 11 is 5.75. The smallest absolute Gasteiger partial charge is 0.387 e. The van der Waals surface area contributed by atoms with Crippen LogP contribution in [0.2, 0.25) is 5.15 Å². The van der Waals surface area contributed by atoms with Gasteiger partial charge >= 0.3 is 6.61 Å². The molecule has 1 aromatic carbocycles. The van der Waals surface area contributed by atoms with Crippen molar-refractivity contribution in [3.8, 4) is 5.75 Å². The van der Waals surface area contributed by atoms with Gasteiger partial charge in [-0.2, -0.15) is 8.78 Å². The van der Waals surface area contributed by atoms with Crippen LogP contribution in [0, 0.1) is 0 Å². The van der Waals surface area contributed by atoms with E-state index in [-0.39, 0.29) is 5.75 Å². The van der Waals surface area contributed by atoms with Crippen molar-refractivity contribution >= 4 is 17.6 Å². The zero-order valence-corrected chi connectivity index (χ0v) is 14.4. The summed E-state index contributed by atoms with van der Waals surface area (Å²) in [5, 5.41) is 6.76. The number of halogens is 3. The minimum Gasteiger partial charge on any atom is -0.435 e. The van der Waals surface area contributed by atoms with Crippen molar-refractivity contribution in [2.75, 3.05) is 13.6 Å². The lowest BCUT2D eigenvalue weighted by Crippen LogP contribution is -2.37. The molecule has 2 N–H and O–H groups in total. The molecule has 0 unspecified atom stereocenters. The molecule has 25 heavy (non-hydrogen) atoms. The van der Waals surface area contributed by atoms with E-state index >= 15 is 0 Å². The molecule has 134 valence electrons. The highest BCUT2D eigenvalue weighted by molar-refractivity contribution is 6.29. The maximum Gasteiger partial charge on any atom is 0.387 e. The van der Waals surface area contributed by atoms with Crippen molar-refractivity contribution in [2.24, 2.45) is 4.99 Å². The summed E-state index contributed by atoms with van der Waals surface area (Å²) < 4.78 is 28.9. The fraction of sp³-hybridized carbons (Fsp3) is 0.294. The Morgan fingerprint density at radius 2 is 2.08 bits per heavy atom. The van der Waals surface area contributed by atoms with Crippen LogP contribution in [0.25, 0.3) is 0 Å². The number of alkyl halides is 2. The molecule has 1 heterocycles. The first-order valence-electron chi connectivity index (χ1n) is 7.65. The van der Waals surface area contributed by atoms with Crippen molar-refractivity contribution in [1.82, 2.24) is 15.6 Å². The van der Waals surface area contributed by atoms with Crippen molar-refractivity contribution in [1.29, 1.82) is 0 Å². The SMILES string of the molecule is CN=C(NCCc1ccc(Cl)nc1)NCc1cccc(OC(F)F)c1. The third kappa shape index (κ3) is 6.93.